The zero-order valence-corrected chi connectivity index (χ0v) is 12.6. The van der Waals surface area contributed by atoms with Crippen LogP contribution in [0, 0.1) is 6.92 Å². The summed E-state index contributed by atoms with van der Waals surface area (Å²) < 4.78 is 8.76. The molecule has 3 heterocycles. The zero-order chi connectivity index (χ0) is 15.0. The Balaban J connectivity index is 1.77. The highest BCUT2D eigenvalue weighted by molar-refractivity contribution is 5.51. The Morgan fingerprint density at radius 1 is 1.19 bits per heavy atom. The summed E-state index contributed by atoms with van der Waals surface area (Å²) in [5, 5.41) is 16.5. The molecular weight excluding hydrogens is 268 g/mol. The maximum absolute atomic E-state index is 5.05. The first-order valence-corrected chi connectivity index (χ1v) is 6.80. The minimum atomic E-state index is -0.0238. The summed E-state index contributed by atoms with van der Waals surface area (Å²) >= 11 is 0. The van der Waals surface area contributed by atoms with E-state index in [-0.39, 0.29) is 5.54 Å². The van der Waals surface area contributed by atoms with E-state index in [1.807, 2.05) is 36.3 Å². The lowest BCUT2D eigenvalue weighted by Gasteiger charge is -2.18. The molecule has 0 N–H and O–H groups in total. The molecule has 110 valence electrons. The van der Waals surface area contributed by atoms with Crippen molar-refractivity contribution in [3.63, 3.8) is 0 Å². The molecule has 0 aliphatic carbocycles. The van der Waals surface area contributed by atoms with Gasteiger partial charge in [0, 0.05) is 17.8 Å². The van der Waals surface area contributed by atoms with Crippen molar-refractivity contribution >= 4 is 0 Å². The van der Waals surface area contributed by atoms with E-state index < -0.39 is 0 Å². The van der Waals surface area contributed by atoms with E-state index in [9.17, 15) is 0 Å². The van der Waals surface area contributed by atoms with Crippen LogP contribution < -0.4 is 0 Å². The summed E-state index contributed by atoms with van der Waals surface area (Å²) in [4.78, 5) is 0. The molecule has 3 aromatic heterocycles. The van der Waals surface area contributed by atoms with Crippen molar-refractivity contribution in [3.05, 3.63) is 36.0 Å². The minimum absolute atomic E-state index is 0.0238. The van der Waals surface area contributed by atoms with Crippen LogP contribution in [-0.2, 0) is 12.1 Å². The molecule has 21 heavy (non-hydrogen) atoms. The number of aromatic nitrogens is 6. The molecule has 7 heteroatoms. The maximum Gasteiger partial charge on any atom is 0.136 e. The van der Waals surface area contributed by atoms with Gasteiger partial charge < -0.3 is 4.52 Å². The number of rotatable bonds is 3. The largest absolute Gasteiger partial charge is 0.361 e. The Bertz CT molecular complexity index is 745. The molecule has 0 bridgehead atoms. The highest BCUT2D eigenvalue weighted by Gasteiger charge is 2.14. The zero-order valence-electron chi connectivity index (χ0n) is 12.6. The monoisotopic (exact) mass is 286 g/mol. The van der Waals surface area contributed by atoms with Crippen molar-refractivity contribution in [1.82, 2.24) is 29.9 Å². The summed E-state index contributed by atoms with van der Waals surface area (Å²) in [5.41, 5.74) is 2.46. The first-order valence-electron chi connectivity index (χ1n) is 6.80. The lowest BCUT2D eigenvalue weighted by molar-refractivity contribution is 0.355. The summed E-state index contributed by atoms with van der Waals surface area (Å²) in [5.74, 6) is 0.756. The normalized spacial score (nSPS) is 12.0. The fourth-order valence-corrected chi connectivity index (χ4v) is 1.98. The van der Waals surface area contributed by atoms with Gasteiger partial charge in [0.25, 0.3) is 0 Å². The SMILES string of the molecule is Cc1cc(-c2cn(Cc3cnn(C(C)(C)C)c3)nn2)no1. The van der Waals surface area contributed by atoms with Gasteiger partial charge in [0.15, 0.2) is 0 Å². The van der Waals surface area contributed by atoms with Crippen molar-refractivity contribution in [2.24, 2.45) is 0 Å². The van der Waals surface area contributed by atoms with Crippen LogP contribution in [0.2, 0.25) is 0 Å². The number of hydrogen-bond donors (Lipinski definition) is 0. The van der Waals surface area contributed by atoms with E-state index in [1.165, 1.54) is 0 Å². The second-order valence-electron chi connectivity index (χ2n) is 6.09. The molecule has 3 rings (SSSR count). The van der Waals surface area contributed by atoms with Gasteiger partial charge in [0.05, 0.1) is 24.5 Å². The quantitative estimate of drug-likeness (QED) is 0.738. The third-order valence-electron chi connectivity index (χ3n) is 3.10. The van der Waals surface area contributed by atoms with Gasteiger partial charge in [0.1, 0.15) is 17.1 Å². The second-order valence-corrected chi connectivity index (χ2v) is 6.09. The minimum Gasteiger partial charge on any atom is -0.361 e. The van der Waals surface area contributed by atoms with Crippen molar-refractivity contribution in [2.75, 3.05) is 0 Å². The molecule has 0 saturated heterocycles. The molecule has 0 atom stereocenters. The lowest BCUT2D eigenvalue weighted by Crippen LogP contribution is -2.21. The topological polar surface area (TPSA) is 74.6 Å². The smallest absolute Gasteiger partial charge is 0.136 e. The predicted molar refractivity (Wildman–Crippen MR) is 76.6 cm³/mol. The summed E-state index contributed by atoms with van der Waals surface area (Å²) in [6, 6.07) is 1.84. The van der Waals surface area contributed by atoms with Gasteiger partial charge in [-0.3, -0.25) is 4.68 Å². The molecule has 0 saturated carbocycles. The number of aryl methyl sites for hydroxylation is 1. The Kier molecular flexibility index (Phi) is 3.12. The third kappa shape index (κ3) is 2.86. The van der Waals surface area contributed by atoms with Crippen molar-refractivity contribution in [3.8, 4) is 11.4 Å². The Hall–Kier alpha value is -2.44. The molecule has 0 unspecified atom stereocenters. The van der Waals surface area contributed by atoms with Gasteiger partial charge in [-0.15, -0.1) is 5.10 Å². The molecule has 0 aliphatic rings. The predicted octanol–water partition coefficient (Wildman–Crippen LogP) is 2.24. The maximum atomic E-state index is 5.05. The molecule has 0 amide bonds. The molecule has 0 radical (unpaired) electrons. The summed E-state index contributed by atoms with van der Waals surface area (Å²) in [7, 11) is 0. The van der Waals surface area contributed by atoms with Crippen LogP contribution in [0.5, 0.6) is 0 Å². The van der Waals surface area contributed by atoms with E-state index >= 15 is 0 Å². The molecule has 7 nitrogen and oxygen atoms in total. The fraction of sp³-hybridized carbons (Fsp3) is 0.429. The third-order valence-corrected chi connectivity index (χ3v) is 3.10. The molecule has 0 aromatic carbocycles. The lowest BCUT2D eigenvalue weighted by atomic mass is 10.1. The van der Waals surface area contributed by atoms with E-state index in [0.717, 1.165) is 11.3 Å². The van der Waals surface area contributed by atoms with Crippen LogP contribution in [-0.4, -0.2) is 29.9 Å². The number of hydrogen-bond acceptors (Lipinski definition) is 5. The molecular formula is C14H18N6O. The first-order chi connectivity index (χ1) is 9.91. The van der Waals surface area contributed by atoms with Crippen LogP contribution in [0.25, 0.3) is 11.4 Å². The van der Waals surface area contributed by atoms with Crippen LogP contribution in [0.3, 0.4) is 0 Å². The summed E-state index contributed by atoms with van der Waals surface area (Å²) in [6.45, 7) is 8.82. The van der Waals surface area contributed by atoms with Gasteiger partial charge in [-0.1, -0.05) is 10.4 Å². The first kappa shape index (κ1) is 13.5. The Labute approximate surface area is 122 Å². The van der Waals surface area contributed by atoms with Crippen molar-refractivity contribution < 1.29 is 4.52 Å². The van der Waals surface area contributed by atoms with Crippen molar-refractivity contribution in [2.45, 2.75) is 39.8 Å². The second kappa shape index (κ2) is 4.83. The van der Waals surface area contributed by atoms with Gasteiger partial charge in [-0.2, -0.15) is 5.10 Å². The Morgan fingerprint density at radius 3 is 2.62 bits per heavy atom. The number of nitrogens with zero attached hydrogens (tertiary/aromatic N) is 6. The van der Waals surface area contributed by atoms with E-state index in [4.69, 9.17) is 4.52 Å². The van der Waals surface area contributed by atoms with Gasteiger partial charge >= 0.3 is 0 Å². The van der Waals surface area contributed by atoms with Gasteiger partial charge in [-0.05, 0) is 27.7 Å². The van der Waals surface area contributed by atoms with Crippen LogP contribution in [0.1, 0.15) is 32.1 Å². The standard InChI is InChI=1S/C14H18N6O/c1-10-5-12(17-21-10)13-9-19(18-16-13)7-11-6-15-20(8-11)14(2,3)4/h5-6,8-9H,7H2,1-4H3. The molecule has 3 aromatic rings. The summed E-state index contributed by atoms with van der Waals surface area (Å²) in [6.07, 6.45) is 5.74. The van der Waals surface area contributed by atoms with Crippen molar-refractivity contribution in [1.29, 1.82) is 0 Å². The van der Waals surface area contributed by atoms with E-state index in [2.05, 4.69) is 41.3 Å². The average molecular weight is 286 g/mol. The van der Waals surface area contributed by atoms with E-state index in [1.54, 1.807) is 4.68 Å². The van der Waals surface area contributed by atoms with E-state index in [0.29, 0.717) is 17.9 Å². The van der Waals surface area contributed by atoms with Crippen LogP contribution in [0.4, 0.5) is 0 Å². The fourth-order valence-electron chi connectivity index (χ4n) is 1.98. The molecule has 0 spiro atoms. The van der Waals surface area contributed by atoms with Gasteiger partial charge in [0.2, 0.25) is 0 Å². The molecule has 0 aliphatic heterocycles. The Morgan fingerprint density at radius 2 is 2.00 bits per heavy atom. The van der Waals surface area contributed by atoms with Gasteiger partial charge in [-0.25, -0.2) is 4.68 Å². The highest BCUT2D eigenvalue weighted by atomic mass is 16.5. The van der Waals surface area contributed by atoms with Crippen LogP contribution in [0.15, 0.2) is 29.2 Å². The molecule has 0 fully saturated rings. The highest BCUT2D eigenvalue weighted by Crippen LogP contribution is 2.17. The van der Waals surface area contributed by atoms with Crippen LogP contribution >= 0.6 is 0 Å². The average Bonchev–Trinajstić information content (AvgIpc) is 3.08.